The molecule has 196 valence electrons. The molecular weight excluding hydrogens is 448 g/mol. The van der Waals surface area contributed by atoms with Crippen LogP contribution in [-0.4, -0.2) is 64.0 Å². The first kappa shape index (κ1) is 28.6. The summed E-state index contributed by atoms with van der Waals surface area (Å²) in [5.41, 5.74) is -2.36. The molecule has 1 saturated heterocycles. The molecule has 0 spiro atoms. The van der Waals surface area contributed by atoms with E-state index in [0.717, 1.165) is 37.0 Å². The van der Waals surface area contributed by atoms with Crippen molar-refractivity contribution < 1.29 is 28.7 Å². The molecule has 0 aromatic rings. The van der Waals surface area contributed by atoms with Crippen LogP contribution in [0.2, 0.25) is 0 Å². The summed E-state index contributed by atoms with van der Waals surface area (Å²) in [5, 5.41) is 0. The van der Waals surface area contributed by atoms with Gasteiger partial charge in [-0.15, -0.1) is 13.2 Å². The van der Waals surface area contributed by atoms with Gasteiger partial charge in [0.1, 0.15) is 11.6 Å². The van der Waals surface area contributed by atoms with Gasteiger partial charge in [0, 0.05) is 18.9 Å². The number of allylic oxidation sites excluding steroid dienone is 1. The van der Waals surface area contributed by atoms with Crippen molar-refractivity contribution in [3.8, 4) is 0 Å². The van der Waals surface area contributed by atoms with Crippen molar-refractivity contribution in [2.45, 2.75) is 103 Å². The number of hydrogen-bond donors (Lipinski definition) is 0. The highest BCUT2D eigenvalue weighted by molar-refractivity contribution is 6.04. The van der Waals surface area contributed by atoms with Gasteiger partial charge in [-0.3, -0.25) is 9.59 Å². The van der Waals surface area contributed by atoms with E-state index in [1.807, 2.05) is 6.08 Å². The van der Waals surface area contributed by atoms with E-state index in [1.54, 1.807) is 38.7 Å². The Labute approximate surface area is 209 Å². The average Bonchev–Trinajstić information content (AvgIpc) is 3.29. The zero-order valence-corrected chi connectivity index (χ0v) is 21.8. The molecule has 1 saturated carbocycles. The van der Waals surface area contributed by atoms with Gasteiger partial charge in [-0.25, -0.2) is 14.5 Å². The van der Waals surface area contributed by atoms with Gasteiger partial charge < -0.3 is 14.4 Å². The first-order valence-corrected chi connectivity index (χ1v) is 12.8. The lowest BCUT2D eigenvalue weighted by Gasteiger charge is -2.35. The Bertz CT molecular complexity index is 817. The quantitative estimate of drug-likeness (QED) is 0.222. The summed E-state index contributed by atoms with van der Waals surface area (Å²) in [4.78, 5) is 55.7. The second-order valence-electron chi connectivity index (χ2n) is 10.3. The molecule has 0 aromatic carbocycles. The first-order chi connectivity index (χ1) is 16.5. The topological polar surface area (TPSA) is 93.2 Å². The number of nitrogens with zero attached hydrogens (tertiary/aromatic N) is 2. The van der Waals surface area contributed by atoms with E-state index < -0.39 is 41.1 Å². The molecule has 35 heavy (non-hydrogen) atoms. The minimum absolute atomic E-state index is 0.102. The number of unbranched alkanes of at least 4 members (excludes halogenated alkanes) is 4. The Hall–Kier alpha value is -2.64. The lowest BCUT2D eigenvalue weighted by molar-refractivity contribution is -0.159. The van der Waals surface area contributed by atoms with Crippen molar-refractivity contribution >= 4 is 23.9 Å². The van der Waals surface area contributed by atoms with E-state index in [4.69, 9.17) is 9.47 Å². The fourth-order valence-corrected chi connectivity index (χ4v) is 4.68. The smallest absolute Gasteiger partial charge is 0.418 e. The molecule has 2 fully saturated rings. The van der Waals surface area contributed by atoms with E-state index in [2.05, 4.69) is 13.2 Å². The minimum Gasteiger partial charge on any atom is -0.464 e. The predicted octanol–water partition coefficient (Wildman–Crippen LogP) is 4.78. The zero-order valence-electron chi connectivity index (χ0n) is 21.8. The SMILES string of the molecule is C=CCCCCCCC(=O)N1CCC[C@H]1C(=O)N(C(=O)OC(C)(C)C)[C@]1(C(=O)OCC)C[C@H]1C=C. The van der Waals surface area contributed by atoms with Crippen LogP contribution in [0.5, 0.6) is 0 Å². The van der Waals surface area contributed by atoms with Gasteiger partial charge in [-0.2, -0.15) is 0 Å². The molecule has 1 aliphatic heterocycles. The Morgan fingerprint density at radius 1 is 1.11 bits per heavy atom. The molecule has 0 N–H and O–H groups in total. The largest absolute Gasteiger partial charge is 0.464 e. The van der Waals surface area contributed by atoms with Gasteiger partial charge >= 0.3 is 12.1 Å². The number of imide groups is 1. The molecule has 0 unspecified atom stereocenters. The van der Waals surface area contributed by atoms with Crippen molar-refractivity contribution in [3.63, 3.8) is 0 Å². The summed E-state index contributed by atoms with van der Waals surface area (Å²) in [6.45, 7) is 14.8. The van der Waals surface area contributed by atoms with Gasteiger partial charge in [0.2, 0.25) is 5.91 Å². The van der Waals surface area contributed by atoms with Gasteiger partial charge in [0.15, 0.2) is 5.54 Å². The van der Waals surface area contributed by atoms with Crippen molar-refractivity contribution in [1.82, 2.24) is 9.80 Å². The van der Waals surface area contributed by atoms with Gasteiger partial charge in [0.05, 0.1) is 6.61 Å². The average molecular weight is 491 g/mol. The van der Waals surface area contributed by atoms with E-state index in [0.29, 0.717) is 25.8 Å². The summed E-state index contributed by atoms with van der Waals surface area (Å²) in [5.74, 6) is -1.78. The first-order valence-electron chi connectivity index (χ1n) is 12.8. The highest BCUT2D eigenvalue weighted by Gasteiger charge is 2.68. The van der Waals surface area contributed by atoms with Crippen molar-refractivity contribution in [2.24, 2.45) is 5.92 Å². The van der Waals surface area contributed by atoms with Crippen LogP contribution in [0.1, 0.15) is 85.5 Å². The van der Waals surface area contributed by atoms with Gasteiger partial charge in [-0.05, 0) is 66.2 Å². The zero-order chi connectivity index (χ0) is 26.2. The third kappa shape index (κ3) is 6.95. The van der Waals surface area contributed by atoms with Crippen molar-refractivity contribution in [1.29, 1.82) is 0 Å². The maximum Gasteiger partial charge on any atom is 0.418 e. The minimum atomic E-state index is -1.49. The van der Waals surface area contributed by atoms with Gasteiger partial charge in [0.25, 0.3) is 5.91 Å². The monoisotopic (exact) mass is 490 g/mol. The maximum atomic E-state index is 13.9. The number of rotatable bonds is 12. The summed E-state index contributed by atoms with van der Waals surface area (Å²) in [6, 6.07) is -0.812. The van der Waals surface area contributed by atoms with Crippen LogP contribution in [0.15, 0.2) is 25.3 Å². The molecule has 3 atom stereocenters. The fourth-order valence-electron chi connectivity index (χ4n) is 4.68. The molecular formula is C27H42N2O6. The summed E-state index contributed by atoms with van der Waals surface area (Å²) >= 11 is 0. The molecule has 2 aliphatic rings. The van der Waals surface area contributed by atoms with Crippen LogP contribution < -0.4 is 0 Å². The van der Waals surface area contributed by atoms with Crippen LogP contribution in [0, 0.1) is 5.92 Å². The maximum absolute atomic E-state index is 13.9. The molecule has 1 aliphatic carbocycles. The van der Waals surface area contributed by atoms with E-state index >= 15 is 0 Å². The van der Waals surface area contributed by atoms with E-state index in [-0.39, 0.29) is 18.9 Å². The highest BCUT2D eigenvalue weighted by atomic mass is 16.6. The van der Waals surface area contributed by atoms with Crippen LogP contribution >= 0.6 is 0 Å². The lowest BCUT2D eigenvalue weighted by Crippen LogP contribution is -2.59. The second-order valence-corrected chi connectivity index (χ2v) is 10.3. The molecule has 1 heterocycles. The molecule has 3 amide bonds. The summed E-state index contributed by atoms with van der Waals surface area (Å²) in [7, 11) is 0. The lowest BCUT2D eigenvalue weighted by atomic mass is 10.1. The fraction of sp³-hybridized carbons (Fsp3) is 0.704. The third-order valence-corrected chi connectivity index (χ3v) is 6.50. The van der Waals surface area contributed by atoms with Crippen LogP contribution in [0.4, 0.5) is 4.79 Å². The summed E-state index contributed by atoms with van der Waals surface area (Å²) in [6.07, 6.45) is 8.93. The predicted molar refractivity (Wildman–Crippen MR) is 133 cm³/mol. The van der Waals surface area contributed by atoms with Gasteiger partial charge in [-0.1, -0.05) is 25.0 Å². The number of esters is 1. The number of likely N-dealkylation sites (tertiary alicyclic amines) is 1. The Morgan fingerprint density at radius 3 is 2.37 bits per heavy atom. The highest BCUT2D eigenvalue weighted by Crippen LogP contribution is 2.51. The Balaban J connectivity index is 2.24. The Kier molecular flexibility index (Phi) is 10.1. The third-order valence-electron chi connectivity index (χ3n) is 6.50. The molecule has 8 heteroatoms. The normalized spacial score (nSPS) is 23.4. The van der Waals surface area contributed by atoms with Crippen molar-refractivity contribution in [2.75, 3.05) is 13.2 Å². The van der Waals surface area contributed by atoms with E-state index in [9.17, 15) is 19.2 Å². The molecule has 0 aromatic heterocycles. The number of carbonyl (C=O) groups is 4. The number of hydrogen-bond acceptors (Lipinski definition) is 6. The number of carbonyl (C=O) groups excluding carboxylic acids is 4. The van der Waals surface area contributed by atoms with E-state index in [1.165, 1.54) is 0 Å². The Morgan fingerprint density at radius 2 is 1.80 bits per heavy atom. The van der Waals surface area contributed by atoms with Crippen LogP contribution in [0.25, 0.3) is 0 Å². The molecule has 2 rings (SSSR count). The molecule has 8 nitrogen and oxygen atoms in total. The molecule has 0 bridgehead atoms. The molecule has 0 radical (unpaired) electrons. The summed E-state index contributed by atoms with van der Waals surface area (Å²) < 4.78 is 10.8. The standard InChI is InChI=1S/C27H42N2O6/c1-7-10-11-12-13-14-17-22(30)28-18-15-16-21(28)23(31)29(25(33)35-26(4,5)6)27(19-20(27)8-2)24(32)34-9-3/h7-8,20-21H,1-2,9-19H2,3-6H3/t20-,21+,27-/m1/s1. The number of ether oxygens (including phenoxy) is 2. The van der Waals surface area contributed by atoms with Crippen LogP contribution in [0.3, 0.4) is 0 Å². The second kappa shape index (κ2) is 12.4. The van der Waals surface area contributed by atoms with Crippen molar-refractivity contribution in [3.05, 3.63) is 25.3 Å². The number of amides is 3. The van der Waals surface area contributed by atoms with Crippen LogP contribution in [-0.2, 0) is 23.9 Å².